The van der Waals surface area contributed by atoms with E-state index < -0.39 is 0 Å². The molecule has 11 aromatic rings. The van der Waals surface area contributed by atoms with Gasteiger partial charge in [-0.05, 0) is 113 Å². The van der Waals surface area contributed by atoms with Crippen LogP contribution >= 0.6 is 0 Å². The highest BCUT2D eigenvalue weighted by Crippen LogP contribution is 2.44. The highest BCUT2D eigenvalue weighted by Gasteiger charge is 2.17. The molecule has 53 heavy (non-hydrogen) atoms. The van der Waals surface area contributed by atoms with Crippen LogP contribution in [0, 0.1) is 0 Å². The van der Waals surface area contributed by atoms with E-state index in [1.54, 1.807) is 0 Å². The molecule has 1 heteroatoms. The fourth-order valence-electron chi connectivity index (χ4n) is 8.51. The Bertz CT molecular complexity index is 3090. The maximum Gasteiger partial charge on any atom is 0.143 e. The van der Waals surface area contributed by atoms with Gasteiger partial charge in [-0.25, -0.2) is 0 Å². The van der Waals surface area contributed by atoms with Gasteiger partial charge in [0, 0.05) is 16.3 Å². The molecule has 246 valence electrons. The average molecular weight is 673 g/mol. The van der Waals surface area contributed by atoms with Crippen molar-refractivity contribution in [2.45, 2.75) is 0 Å². The second-order valence-electron chi connectivity index (χ2n) is 14.0. The van der Waals surface area contributed by atoms with Crippen LogP contribution in [0.4, 0.5) is 0 Å². The Hall–Kier alpha value is -6.96. The summed E-state index contributed by atoms with van der Waals surface area (Å²) >= 11 is 0. The van der Waals surface area contributed by atoms with Gasteiger partial charge in [0.15, 0.2) is 0 Å². The number of furan rings is 1. The van der Waals surface area contributed by atoms with Crippen LogP contribution in [0.5, 0.6) is 0 Å². The second kappa shape index (κ2) is 11.8. The molecule has 0 unspecified atom stereocenters. The summed E-state index contributed by atoms with van der Waals surface area (Å²) in [6.45, 7) is 0. The smallest absolute Gasteiger partial charge is 0.143 e. The monoisotopic (exact) mass is 672 g/mol. The molecule has 0 fully saturated rings. The van der Waals surface area contributed by atoms with Crippen LogP contribution in [0.3, 0.4) is 0 Å². The van der Waals surface area contributed by atoms with Crippen LogP contribution in [-0.2, 0) is 0 Å². The molecule has 0 aliphatic heterocycles. The zero-order valence-electron chi connectivity index (χ0n) is 28.9. The third-order valence-electron chi connectivity index (χ3n) is 11.0. The molecule has 0 radical (unpaired) electrons. The summed E-state index contributed by atoms with van der Waals surface area (Å²) in [6, 6.07) is 70.6. The third kappa shape index (κ3) is 4.79. The predicted molar refractivity (Wildman–Crippen MR) is 225 cm³/mol. The first kappa shape index (κ1) is 29.7. The summed E-state index contributed by atoms with van der Waals surface area (Å²) in [6.07, 6.45) is 0. The SMILES string of the molecule is c1ccc(-c2cc(-c3ccccc3)cc(-c3ccc4ccc5c(-c6cccc(-c7cccc8c7oc7ccccc78)c6)ccc6ccc3c4c65)c2)cc1. The highest BCUT2D eigenvalue weighted by atomic mass is 16.3. The van der Waals surface area contributed by atoms with E-state index in [0.717, 1.165) is 33.1 Å². The Kier molecular flexibility index (Phi) is 6.62. The molecule has 0 amide bonds. The first-order chi connectivity index (χ1) is 26.3. The molecule has 0 spiro atoms. The molecule has 1 nitrogen and oxygen atoms in total. The van der Waals surface area contributed by atoms with Crippen molar-refractivity contribution in [3.8, 4) is 55.6 Å². The zero-order chi connectivity index (χ0) is 34.9. The predicted octanol–water partition coefficient (Wildman–Crippen LogP) is 14.8. The lowest BCUT2D eigenvalue weighted by Crippen LogP contribution is -1.91. The van der Waals surface area contributed by atoms with E-state index in [9.17, 15) is 0 Å². The van der Waals surface area contributed by atoms with Gasteiger partial charge in [-0.3, -0.25) is 0 Å². The Morgan fingerprint density at radius 2 is 0.736 bits per heavy atom. The van der Waals surface area contributed by atoms with E-state index in [-0.39, 0.29) is 0 Å². The molecule has 0 aliphatic carbocycles. The lowest BCUT2D eigenvalue weighted by molar-refractivity contribution is 0.670. The summed E-state index contributed by atoms with van der Waals surface area (Å²) in [7, 11) is 0. The lowest BCUT2D eigenvalue weighted by Gasteiger charge is -2.18. The maximum absolute atomic E-state index is 6.44. The number of hydrogen-bond acceptors (Lipinski definition) is 1. The Labute approximate surface area is 307 Å². The summed E-state index contributed by atoms with van der Waals surface area (Å²) in [5.41, 5.74) is 13.8. The number of para-hydroxylation sites is 2. The summed E-state index contributed by atoms with van der Waals surface area (Å²) in [5, 5.41) is 9.96. The van der Waals surface area contributed by atoms with Gasteiger partial charge in [0.1, 0.15) is 11.2 Å². The van der Waals surface area contributed by atoms with E-state index in [1.807, 2.05) is 12.1 Å². The summed E-state index contributed by atoms with van der Waals surface area (Å²) < 4.78 is 6.44. The second-order valence-corrected chi connectivity index (χ2v) is 14.0. The topological polar surface area (TPSA) is 13.1 Å². The number of fused-ring (bicyclic) bond motifs is 3. The molecule has 0 aliphatic rings. The van der Waals surface area contributed by atoms with Crippen LogP contribution in [-0.4, -0.2) is 0 Å². The fraction of sp³-hybridized carbons (Fsp3) is 0. The first-order valence-corrected chi connectivity index (χ1v) is 18.2. The standard InChI is InChI=1S/C52H32O/c1-3-11-33(12-4-1)39-30-40(34-13-5-2-6-14-34)32-41(31-39)43-26-22-36-23-27-46-42(25-21-35-24-28-47(43)51(36)50(35)46)37-15-9-16-38(29-37)44-18-10-19-48-45-17-7-8-20-49(45)53-52(44)48/h1-32H. The van der Waals surface area contributed by atoms with Crippen molar-refractivity contribution < 1.29 is 4.42 Å². The zero-order valence-corrected chi connectivity index (χ0v) is 28.9. The van der Waals surface area contributed by atoms with Crippen LogP contribution < -0.4 is 0 Å². The summed E-state index contributed by atoms with van der Waals surface area (Å²) in [5.74, 6) is 0. The number of benzene rings is 10. The van der Waals surface area contributed by atoms with Gasteiger partial charge in [0.05, 0.1) is 0 Å². The number of hydrogen-bond donors (Lipinski definition) is 0. The maximum atomic E-state index is 6.44. The third-order valence-corrected chi connectivity index (χ3v) is 11.0. The molecule has 0 atom stereocenters. The van der Waals surface area contributed by atoms with Crippen LogP contribution in [0.2, 0.25) is 0 Å². The van der Waals surface area contributed by atoms with Crippen molar-refractivity contribution in [3.05, 3.63) is 194 Å². The van der Waals surface area contributed by atoms with Crippen molar-refractivity contribution in [3.63, 3.8) is 0 Å². The molecule has 0 saturated carbocycles. The molecule has 10 aromatic carbocycles. The average Bonchev–Trinajstić information content (AvgIpc) is 3.62. The van der Waals surface area contributed by atoms with Crippen LogP contribution in [0.15, 0.2) is 199 Å². The number of rotatable bonds is 5. The molecule has 0 saturated heterocycles. The minimum atomic E-state index is 0.917. The quantitative estimate of drug-likeness (QED) is 0.166. The molecular weight excluding hydrogens is 641 g/mol. The van der Waals surface area contributed by atoms with E-state index in [1.165, 1.54) is 76.8 Å². The van der Waals surface area contributed by atoms with Gasteiger partial charge < -0.3 is 4.42 Å². The summed E-state index contributed by atoms with van der Waals surface area (Å²) in [4.78, 5) is 0. The first-order valence-electron chi connectivity index (χ1n) is 18.2. The van der Waals surface area contributed by atoms with Crippen molar-refractivity contribution >= 4 is 54.3 Å². The minimum absolute atomic E-state index is 0.917. The molecular formula is C52H32O. The molecule has 0 N–H and O–H groups in total. The van der Waals surface area contributed by atoms with Gasteiger partial charge in [-0.1, -0.05) is 164 Å². The van der Waals surface area contributed by atoms with Gasteiger partial charge >= 0.3 is 0 Å². The van der Waals surface area contributed by atoms with Gasteiger partial charge in [0.25, 0.3) is 0 Å². The Morgan fingerprint density at radius 1 is 0.264 bits per heavy atom. The van der Waals surface area contributed by atoms with E-state index in [4.69, 9.17) is 4.42 Å². The van der Waals surface area contributed by atoms with Gasteiger partial charge in [0.2, 0.25) is 0 Å². The molecule has 1 aromatic heterocycles. The molecule has 11 rings (SSSR count). The van der Waals surface area contributed by atoms with Crippen molar-refractivity contribution in [2.24, 2.45) is 0 Å². The van der Waals surface area contributed by atoms with Crippen molar-refractivity contribution in [1.29, 1.82) is 0 Å². The van der Waals surface area contributed by atoms with Crippen molar-refractivity contribution in [1.82, 2.24) is 0 Å². The van der Waals surface area contributed by atoms with Gasteiger partial charge in [-0.2, -0.15) is 0 Å². The Morgan fingerprint density at radius 3 is 1.40 bits per heavy atom. The molecule has 1 heterocycles. The largest absolute Gasteiger partial charge is 0.455 e. The molecule has 0 bridgehead atoms. The highest BCUT2D eigenvalue weighted by molar-refractivity contribution is 6.27. The normalized spacial score (nSPS) is 11.8. The van der Waals surface area contributed by atoms with Gasteiger partial charge in [-0.15, -0.1) is 0 Å². The van der Waals surface area contributed by atoms with E-state index in [0.29, 0.717) is 0 Å². The van der Waals surface area contributed by atoms with Crippen LogP contribution in [0.1, 0.15) is 0 Å². The Balaban J connectivity index is 1.10. The van der Waals surface area contributed by atoms with Crippen LogP contribution in [0.25, 0.3) is 110 Å². The fourth-order valence-corrected chi connectivity index (χ4v) is 8.51. The van der Waals surface area contributed by atoms with Crippen molar-refractivity contribution in [2.75, 3.05) is 0 Å². The lowest BCUT2D eigenvalue weighted by atomic mass is 9.86. The van der Waals surface area contributed by atoms with E-state index in [2.05, 4.69) is 182 Å². The van der Waals surface area contributed by atoms with E-state index >= 15 is 0 Å². The minimum Gasteiger partial charge on any atom is -0.455 e.